The first kappa shape index (κ1) is 18.6. The van der Waals surface area contributed by atoms with Crippen LogP contribution in [0.5, 0.6) is 11.5 Å². The molecule has 1 N–H and O–H groups in total. The van der Waals surface area contributed by atoms with Crippen molar-refractivity contribution >= 4 is 0 Å². The molecule has 1 fully saturated rings. The number of likely N-dealkylation sites (tertiary alicyclic amines) is 1. The minimum absolute atomic E-state index is 0.194. The van der Waals surface area contributed by atoms with Crippen LogP contribution in [-0.2, 0) is 13.0 Å². The molecule has 1 saturated heterocycles. The third kappa shape index (κ3) is 4.52. The number of piperidine rings is 1. The third-order valence-corrected chi connectivity index (χ3v) is 5.13. The smallest absolute Gasteiger partial charge is 0.129 e. The highest BCUT2D eigenvalue weighted by Crippen LogP contribution is 2.28. The first-order valence-corrected chi connectivity index (χ1v) is 9.08. The monoisotopic (exact) mass is 361 g/mol. The van der Waals surface area contributed by atoms with Crippen molar-refractivity contribution in [3.8, 4) is 11.5 Å². The number of nitrogens with zero attached hydrogens (tertiary/aromatic N) is 1. The molecule has 5 heteroatoms. The Bertz CT molecular complexity index is 731. The summed E-state index contributed by atoms with van der Waals surface area (Å²) in [6.45, 7) is 2.56. The van der Waals surface area contributed by atoms with Crippen molar-refractivity contribution in [1.29, 1.82) is 0 Å². The van der Waals surface area contributed by atoms with Crippen LogP contribution in [0.2, 0.25) is 0 Å². The van der Waals surface area contributed by atoms with Gasteiger partial charge in [-0.2, -0.15) is 0 Å². The zero-order valence-corrected chi connectivity index (χ0v) is 15.0. The van der Waals surface area contributed by atoms with Crippen LogP contribution in [0.15, 0.2) is 36.4 Å². The molecule has 0 bridgehead atoms. The van der Waals surface area contributed by atoms with E-state index in [2.05, 4.69) is 4.90 Å². The van der Waals surface area contributed by atoms with Crippen molar-refractivity contribution in [3.63, 3.8) is 0 Å². The summed E-state index contributed by atoms with van der Waals surface area (Å²) < 4.78 is 33.0. The molecule has 0 aromatic heterocycles. The van der Waals surface area contributed by atoms with Gasteiger partial charge in [0.15, 0.2) is 0 Å². The van der Waals surface area contributed by atoms with E-state index in [-0.39, 0.29) is 11.3 Å². The molecule has 3 rings (SSSR count). The number of halogens is 2. The summed E-state index contributed by atoms with van der Waals surface area (Å²) in [7, 11) is 1.62. The van der Waals surface area contributed by atoms with Crippen molar-refractivity contribution in [3.05, 3.63) is 59.2 Å². The van der Waals surface area contributed by atoms with Crippen LogP contribution in [0.1, 0.15) is 30.4 Å². The molecule has 1 heterocycles. The van der Waals surface area contributed by atoms with E-state index in [0.717, 1.165) is 43.7 Å². The number of rotatable bonds is 6. The van der Waals surface area contributed by atoms with Crippen molar-refractivity contribution in [2.24, 2.45) is 5.92 Å². The number of methoxy groups -OCH3 is 1. The molecule has 0 aliphatic carbocycles. The van der Waals surface area contributed by atoms with Crippen molar-refractivity contribution in [1.82, 2.24) is 4.90 Å². The second kappa shape index (κ2) is 8.49. The summed E-state index contributed by atoms with van der Waals surface area (Å²) in [4.78, 5) is 2.32. The summed E-state index contributed by atoms with van der Waals surface area (Å²) in [6.07, 6.45) is 3.33. The molecule has 3 nitrogen and oxygen atoms in total. The molecule has 0 spiro atoms. The van der Waals surface area contributed by atoms with E-state index in [1.165, 1.54) is 18.2 Å². The van der Waals surface area contributed by atoms with Gasteiger partial charge in [0.2, 0.25) is 0 Å². The van der Waals surface area contributed by atoms with Gasteiger partial charge < -0.3 is 9.84 Å². The Balaban J connectivity index is 1.60. The molecule has 140 valence electrons. The fraction of sp³-hybridized carbons (Fsp3) is 0.429. The number of hydrogen-bond acceptors (Lipinski definition) is 3. The zero-order valence-electron chi connectivity index (χ0n) is 15.0. The quantitative estimate of drug-likeness (QED) is 0.821. The second-order valence-corrected chi connectivity index (χ2v) is 6.98. The van der Waals surface area contributed by atoms with Crippen molar-refractivity contribution in [2.45, 2.75) is 32.2 Å². The molecular formula is C21H25F2NO2. The van der Waals surface area contributed by atoms with Crippen LogP contribution in [0.25, 0.3) is 0 Å². The first-order valence-electron chi connectivity index (χ1n) is 9.08. The average molecular weight is 361 g/mol. The van der Waals surface area contributed by atoms with Crippen LogP contribution in [0, 0.1) is 17.6 Å². The maximum absolute atomic E-state index is 13.8. The van der Waals surface area contributed by atoms with Gasteiger partial charge in [0.1, 0.15) is 23.1 Å². The highest BCUT2D eigenvalue weighted by Gasteiger charge is 2.22. The van der Waals surface area contributed by atoms with Crippen LogP contribution < -0.4 is 4.74 Å². The van der Waals surface area contributed by atoms with E-state index in [1.54, 1.807) is 25.3 Å². The number of aromatic hydroxyl groups is 1. The van der Waals surface area contributed by atoms with Crippen LogP contribution >= 0.6 is 0 Å². The number of ether oxygens (including phenoxy) is 1. The standard InChI is InChI=1S/C21H25F2NO2/c1-26-21-10-8-17(25)12-16(21)14-24-11-3-4-15(13-24)7-9-18-19(22)5-2-6-20(18)23/h2,5-6,8,10,12,15,25H,3-4,7,9,11,13-14H2,1H3/t15-/m1/s1. The number of hydrogen-bond donors (Lipinski definition) is 1. The average Bonchev–Trinajstić information content (AvgIpc) is 2.62. The van der Waals surface area contributed by atoms with E-state index in [9.17, 15) is 13.9 Å². The summed E-state index contributed by atoms with van der Waals surface area (Å²) in [5.41, 5.74) is 1.15. The molecule has 0 saturated carbocycles. The summed E-state index contributed by atoms with van der Waals surface area (Å²) in [5, 5.41) is 9.73. The predicted octanol–water partition coefficient (Wildman–Crippen LogP) is 4.52. The second-order valence-electron chi connectivity index (χ2n) is 6.98. The number of phenols is 1. The van der Waals surface area contributed by atoms with Gasteiger partial charge in [-0.05, 0) is 68.5 Å². The lowest BCUT2D eigenvalue weighted by Crippen LogP contribution is -2.35. The fourth-order valence-electron chi connectivity index (χ4n) is 3.78. The van der Waals surface area contributed by atoms with Gasteiger partial charge in [-0.15, -0.1) is 0 Å². The maximum atomic E-state index is 13.8. The molecule has 2 aromatic carbocycles. The highest BCUT2D eigenvalue weighted by molar-refractivity contribution is 5.39. The SMILES string of the molecule is COc1ccc(O)cc1CN1CCC[C@H](CCc2c(F)cccc2F)C1. The fourth-order valence-corrected chi connectivity index (χ4v) is 3.78. The normalized spacial score (nSPS) is 18.0. The first-order chi connectivity index (χ1) is 12.6. The Hall–Kier alpha value is -2.14. The predicted molar refractivity (Wildman–Crippen MR) is 97.3 cm³/mol. The lowest BCUT2D eigenvalue weighted by Gasteiger charge is -2.33. The van der Waals surface area contributed by atoms with Gasteiger partial charge >= 0.3 is 0 Å². The largest absolute Gasteiger partial charge is 0.508 e. The van der Waals surface area contributed by atoms with Gasteiger partial charge in [-0.3, -0.25) is 4.90 Å². The van der Waals surface area contributed by atoms with E-state index >= 15 is 0 Å². The van der Waals surface area contributed by atoms with Crippen LogP contribution in [-0.4, -0.2) is 30.2 Å². The van der Waals surface area contributed by atoms with Crippen molar-refractivity contribution < 1.29 is 18.6 Å². The lowest BCUT2D eigenvalue weighted by molar-refractivity contribution is 0.160. The van der Waals surface area contributed by atoms with E-state index in [0.29, 0.717) is 18.9 Å². The Morgan fingerprint density at radius 3 is 2.69 bits per heavy atom. The Kier molecular flexibility index (Phi) is 6.09. The van der Waals surface area contributed by atoms with Gasteiger partial charge in [0.05, 0.1) is 7.11 Å². The number of benzene rings is 2. The van der Waals surface area contributed by atoms with Crippen LogP contribution in [0.4, 0.5) is 8.78 Å². The van der Waals surface area contributed by atoms with E-state index in [4.69, 9.17) is 4.74 Å². The highest BCUT2D eigenvalue weighted by atomic mass is 19.1. The molecule has 26 heavy (non-hydrogen) atoms. The molecule has 1 atom stereocenters. The topological polar surface area (TPSA) is 32.7 Å². The molecule has 0 amide bonds. The molecule has 2 aromatic rings. The van der Waals surface area contributed by atoms with E-state index < -0.39 is 11.6 Å². The third-order valence-electron chi connectivity index (χ3n) is 5.13. The summed E-state index contributed by atoms with van der Waals surface area (Å²) in [5.74, 6) is 0.484. The molecule has 1 aliphatic rings. The Morgan fingerprint density at radius 1 is 1.19 bits per heavy atom. The lowest BCUT2D eigenvalue weighted by atomic mass is 9.91. The van der Waals surface area contributed by atoms with Crippen molar-refractivity contribution in [2.75, 3.05) is 20.2 Å². The Labute approximate surface area is 153 Å². The minimum atomic E-state index is -0.456. The minimum Gasteiger partial charge on any atom is -0.508 e. The molecule has 0 radical (unpaired) electrons. The van der Waals surface area contributed by atoms with Gasteiger partial charge in [0.25, 0.3) is 0 Å². The van der Waals surface area contributed by atoms with E-state index in [1.807, 2.05) is 0 Å². The van der Waals surface area contributed by atoms with Crippen LogP contribution in [0.3, 0.4) is 0 Å². The molecular weight excluding hydrogens is 336 g/mol. The van der Waals surface area contributed by atoms with Gasteiger partial charge in [-0.25, -0.2) is 8.78 Å². The molecule has 1 aliphatic heterocycles. The summed E-state index contributed by atoms with van der Waals surface area (Å²) >= 11 is 0. The van der Waals surface area contributed by atoms with Gasteiger partial charge in [0, 0.05) is 24.2 Å². The van der Waals surface area contributed by atoms with Gasteiger partial charge in [-0.1, -0.05) is 6.07 Å². The Morgan fingerprint density at radius 2 is 1.96 bits per heavy atom. The summed E-state index contributed by atoms with van der Waals surface area (Å²) in [6, 6.07) is 9.16. The zero-order chi connectivity index (χ0) is 18.5. The number of phenolic OH excluding ortho intramolecular Hbond substituents is 1. The molecule has 0 unspecified atom stereocenters. The maximum Gasteiger partial charge on any atom is 0.129 e.